The lowest BCUT2D eigenvalue weighted by Gasteiger charge is -2.30. The molecule has 1 heterocycles. The van der Waals surface area contributed by atoms with Gasteiger partial charge in [-0.25, -0.2) is 0 Å². The van der Waals surface area contributed by atoms with Crippen LogP contribution >= 0.6 is 0 Å². The highest BCUT2D eigenvalue weighted by atomic mass is 16.5. The molecule has 1 atom stereocenters. The van der Waals surface area contributed by atoms with Gasteiger partial charge in [-0.15, -0.1) is 0 Å². The molecular formula is C14H28N2O2. The molecule has 18 heavy (non-hydrogen) atoms. The smallest absolute Gasteiger partial charge is 0.311 e. The molecule has 106 valence electrons. The summed E-state index contributed by atoms with van der Waals surface area (Å²) in [5, 5.41) is 3.43. The molecule has 0 saturated carbocycles. The summed E-state index contributed by atoms with van der Waals surface area (Å²) in [6.07, 6.45) is 4.55. The van der Waals surface area contributed by atoms with E-state index in [0.29, 0.717) is 6.04 Å². The summed E-state index contributed by atoms with van der Waals surface area (Å²) in [4.78, 5) is 14.0. The normalized spacial score (nSPS) is 21.7. The molecule has 0 amide bonds. The molecule has 4 heteroatoms. The molecule has 1 aliphatic heterocycles. The lowest BCUT2D eigenvalue weighted by atomic mass is 9.89. The van der Waals surface area contributed by atoms with Gasteiger partial charge in [0, 0.05) is 6.04 Å². The molecule has 0 radical (unpaired) electrons. The second-order valence-electron chi connectivity index (χ2n) is 5.94. The lowest BCUT2D eigenvalue weighted by molar-refractivity contribution is -0.151. The molecule has 0 aromatic heterocycles. The van der Waals surface area contributed by atoms with E-state index in [1.165, 1.54) is 26.4 Å². The number of rotatable bonds is 5. The molecule has 1 N–H and O–H groups in total. The minimum absolute atomic E-state index is 0.113. The Bertz CT molecular complexity index is 259. The largest absolute Gasteiger partial charge is 0.469 e. The number of nitrogens with zero attached hydrogens (tertiary/aromatic N) is 1. The van der Waals surface area contributed by atoms with E-state index in [1.807, 2.05) is 13.8 Å². The third kappa shape index (κ3) is 4.58. The molecule has 0 spiro atoms. The first-order valence-corrected chi connectivity index (χ1v) is 6.97. The zero-order valence-electron chi connectivity index (χ0n) is 12.3. The van der Waals surface area contributed by atoms with E-state index >= 15 is 0 Å². The number of nitrogens with one attached hydrogen (secondary N) is 1. The fourth-order valence-electron chi connectivity index (χ4n) is 2.46. The summed E-state index contributed by atoms with van der Waals surface area (Å²) in [6, 6.07) is 0.647. The fourth-order valence-corrected chi connectivity index (χ4v) is 2.46. The lowest BCUT2D eigenvalue weighted by Crippen LogP contribution is -2.37. The van der Waals surface area contributed by atoms with Crippen molar-refractivity contribution in [1.82, 2.24) is 10.2 Å². The predicted molar refractivity (Wildman–Crippen MR) is 73.6 cm³/mol. The first-order chi connectivity index (χ1) is 8.47. The monoisotopic (exact) mass is 256 g/mol. The van der Waals surface area contributed by atoms with Crippen molar-refractivity contribution in [2.24, 2.45) is 5.41 Å². The molecule has 0 aromatic carbocycles. The van der Waals surface area contributed by atoms with Crippen LogP contribution in [0.25, 0.3) is 0 Å². The van der Waals surface area contributed by atoms with E-state index in [9.17, 15) is 4.79 Å². The Kier molecular flexibility index (Phi) is 6.09. The van der Waals surface area contributed by atoms with E-state index < -0.39 is 0 Å². The molecule has 1 unspecified atom stereocenters. The summed E-state index contributed by atoms with van der Waals surface area (Å²) in [7, 11) is 3.63. The quantitative estimate of drug-likeness (QED) is 0.760. The predicted octanol–water partition coefficient (Wildman–Crippen LogP) is 1.65. The minimum Gasteiger partial charge on any atom is -0.469 e. The Morgan fingerprint density at radius 2 is 2.11 bits per heavy atom. The Hall–Kier alpha value is -0.610. The van der Waals surface area contributed by atoms with Gasteiger partial charge in [0.05, 0.1) is 12.5 Å². The van der Waals surface area contributed by atoms with Crippen LogP contribution in [0.15, 0.2) is 0 Å². The van der Waals surface area contributed by atoms with Gasteiger partial charge in [0.25, 0.3) is 0 Å². The van der Waals surface area contributed by atoms with E-state index in [0.717, 1.165) is 26.1 Å². The SMILES string of the molecule is COC(=O)C(C)(C)CCN(C)C1CCCNCC1. The maximum atomic E-state index is 11.6. The third-order valence-electron chi connectivity index (χ3n) is 4.00. The van der Waals surface area contributed by atoms with Crippen molar-refractivity contribution in [3.8, 4) is 0 Å². The molecule has 1 fully saturated rings. The Morgan fingerprint density at radius 1 is 1.39 bits per heavy atom. The van der Waals surface area contributed by atoms with E-state index in [4.69, 9.17) is 4.74 Å². The van der Waals surface area contributed by atoms with Gasteiger partial charge >= 0.3 is 5.97 Å². The second-order valence-corrected chi connectivity index (χ2v) is 5.94. The van der Waals surface area contributed by atoms with Crippen molar-refractivity contribution in [3.63, 3.8) is 0 Å². The molecule has 0 aromatic rings. The van der Waals surface area contributed by atoms with Crippen LogP contribution in [0.5, 0.6) is 0 Å². The van der Waals surface area contributed by atoms with Gasteiger partial charge < -0.3 is 15.0 Å². The minimum atomic E-state index is -0.383. The molecule has 1 rings (SSSR count). The summed E-state index contributed by atoms with van der Waals surface area (Å²) >= 11 is 0. The standard InChI is InChI=1S/C14H28N2O2/c1-14(2,13(17)18-4)8-11-16(3)12-6-5-9-15-10-7-12/h12,15H,5-11H2,1-4H3. The van der Waals surface area contributed by atoms with Crippen molar-refractivity contribution in [2.75, 3.05) is 33.8 Å². The average Bonchev–Trinajstić information content (AvgIpc) is 2.63. The zero-order chi connectivity index (χ0) is 13.6. The Labute approximate surface area is 111 Å². The van der Waals surface area contributed by atoms with Gasteiger partial charge in [-0.3, -0.25) is 4.79 Å². The number of hydrogen-bond donors (Lipinski definition) is 1. The molecule has 4 nitrogen and oxygen atoms in total. The van der Waals surface area contributed by atoms with Crippen LogP contribution in [0, 0.1) is 5.41 Å². The van der Waals surface area contributed by atoms with Crippen LogP contribution < -0.4 is 5.32 Å². The molecule has 0 bridgehead atoms. The van der Waals surface area contributed by atoms with E-state index in [-0.39, 0.29) is 11.4 Å². The van der Waals surface area contributed by atoms with Crippen molar-refractivity contribution >= 4 is 5.97 Å². The van der Waals surface area contributed by atoms with Crippen LogP contribution in [0.4, 0.5) is 0 Å². The van der Waals surface area contributed by atoms with Crippen molar-refractivity contribution in [1.29, 1.82) is 0 Å². The highest BCUT2D eigenvalue weighted by Crippen LogP contribution is 2.23. The number of esters is 1. The fraction of sp³-hybridized carbons (Fsp3) is 0.929. The highest BCUT2D eigenvalue weighted by molar-refractivity contribution is 5.75. The molecule has 1 saturated heterocycles. The highest BCUT2D eigenvalue weighted by Gasteiger charge is 2.29. The first kappa shape index (κ1) is 15.4. The molecular weight excluding hydrogens is 228 g/mol. The third-order valence-corrected chi connectivity index (χ3v) is 4.00. The second kappa shape index (κ2) is 7.10. The van der Waals surface area contributed by atoms with Crippen LogP contribution in [-0.2, 0) is 9.53 Å². The average molecular weight is 256 g/mol. The summed E-state index contributed by atoms with van der Waals surface area (Å²) in [5.41, 5.74) is -0.383. The summed E-state index contributed by atoms with van der Waals surface area (Å²) in [5.74, 6) is -0.113. The van der Waals surface area contributed by atoms with Gasteiger partial charge in [0.1, 0.15) is 0 Å². The van der Waals surface area contributed by atoms with Crippen LogP contribution in [-0.4, -0.2) is 50.7 Å². The zero-order valence-corrected chi connectivity index (χ0v) is 12.3. The Morgan fingerprint density at radius 3 is 2.78 bits per heavy atom. The van der Waals surface area contributed by atoms with Gasteiger partial charge in [0.15, 0.2) is 0 Å². The van der Waals surface area contributed by atoms with Crippen molar-refractivity contribution in [2.45, 2.75) is 45.6 Å². The number of methoxy groups -OCH3 is 1. The molecule has 1 aliphatic rings. The first-order valence-electron chi connectivity index (χ1n) is 6.97. The number of ether oxygens (including phenoxy) is 1. The van der Waals surface area contributed by atoms with Crippen molar-refractivity contribution < 1.29 is 9.53 Å². The maximum Gasteiger partial charge on any atom is 0.311 e. The van der Waals surface area contributed by atoms with Crippen molar-refractivity contribution in [3.05, 3.63) is 0 Å². The molecule has 0 aliphatic carbocycles. The van der Waals surface area contributed by atoms with Gasteiger partial charge in [-0.05, 0) is 66.2 Å². The Balaban J connectivity index is 2.39. The topological polar surface area (TPSA) is 41.6 Å². The summed E-state index contributed by atoms with van der Waals surface area (Å²) < 4.78 is 4.85. The van der Waals surface area contributed by atoms with Gasteiger partial charge in [-0.1, -0.05) is 0 Å². The van der Waals surface area contributed by atoms with Crippen LogP contribution in [0.1, 0.15) is 39.5 Å². The number of hydrogen-bond acceptors (Lipinski definition) is 4. The maximum absolute atomic E-state index is 11.6. The number of carbonyl (C=O) groups is 1. The van der Waals surface area contributed by atoms with Gasteiger partial charge in [0.2, 0.25) is 0 Å². The van der Waals surface area contributed by atoms with E-state index in [2.05, 4.69) is 17.3 Å². The van der Waals surface area contributed by atoms with Crippen LogP contribution in [0.3, 0.4) is 0 Å². The van der Waals surface area contributed by atoms with E-state index in [1.54, 1.807) is 0 Å². The summed E-state index contributed by atoms with van der Waals surface area (Å²) in [6.45, 7) is 7.11. The number of carbonyl (C=O) groups excluding carboxylic acids is 1. The van der Waals surface area contributed by atoms with Gasteiger partial charge in [-0.2, -0.15) is 0 Å². The van der Waals surface area contributed by atoms with Crippen LogP contribution in [0.2, 0.25) is 0 Å².